The number of ether oxygens (including phenoxy) is 1. The third-order valence-electron chi connectivity index (χ3n) is 3.79. The van der Waals surface area contributed by atoms with E-state index >= 15 is 0 Å². The number of rotatable bonds is 6. The molecule has 0 aromatic rings. The van der Waals surface area contributed by atoms with Crippen molar-refractivity contribution in [1.29, 1.82) is 0 Å². The van der Waals surface area contributed by atoms with Gasteiger partial charge < -0.3 is 15.4 Å². The first-order valence-electron chi connectivity index (χ1n) is 6.71. The lowest BCUT2D eigenvalue weighted by Crippen LogP contribution is -2.45. The van der Waals surface area contributed by atoms with Crippen LogP contribution in [-0.4, -0.2) is 43.8 Å². The maximum atomic E-state index is 5.72. The highest BCUT2D eigenvalue weighted by molar-refractivity contribution is 4.80. The Bertz CT molecular complexity index is 187. The molecule has 1 saturated carbocycles. The Hall–Kier alpha value is -0.120. The van der Waals surface area contributed by atoms with Gasteiger partial charge in [0.05, 0.1) is 6.10 Å². The number of likely N-dealkylation sites (N-methyl/N-ethyl adjacent to an activating group) is 1. The summed E-state index contributed by atoms with van der Waals surface area (Å²) in [5.74, 6) is 0.818. The van der Waals surface area contributed by atoms with Crippen molar-refractivity contribution in [2.45, 2.75) is 51.7 Å². The first kappa shape index (κ1) is 13.9. The van der Waals surface area contributed by atoms with Gasteiger partial charge in [-0.2, -0.15) is 0 Å². The van der Waals surface area contributed by atoms with Crippen LogP contribution < -0.4 is 5.73 Å². The van der Waals surface area contributed by atoms with Crippen LogP contribution in [0.15, 0.2) is 0 Å². The van der Waals surface area contributed by atoms with Crippen molar-refractivity contribution >= 4 is 0 Å². The molecule has 0 saturated heterocycles. The van der Waals surface area contributed by atoms with Crippen LogP contribution in [0.5, 0.6) is 0 Å². The Morgan fingerprint density at radius 1 is 1.38 bits per heavy atom. The van der Waals surface area contributed by atoms with Gasteiger partial charge in [-0.3, -0.25) is 0 Å². The number of hydrogen-bond acceptors (Lipinski definition) is 3. The monoisotopic (exact) mass is 228 g/mol. The second-order valence-electron chi connectivity index (χ2n) is 5.08. The predicted octanol–water partition coefficient (Wildman–Crippen LogP) is 1.86. The maximum Gasteiger partial charge on any atom is 0.0823 e. The van der Waals surface area contributed by atoms with Crippen LogP contribution in [0.3, 0.4) is 0 Å². The summed E-state index contributed by atoms with van der Waals surface area (Å²) < 4.78 is 5.62. The lowest BCUT2D eigenvalue weighted by molar-refractivity contribution is 0.0224. The quantitative estimate of drug-likeness (QED) is 0.754. The number of nitrogens with zero attached hydrogens (tertiary/aromatic N) is 1. The molecular formula is C13H28N2O. The topological polar surface area (TPSA) is 38.5 Å². The van der Waals surface area contributed by atoms with Crippen LogP contribution in [0.25, 0.3) is 0 Å². The van der Waals surface area contributed by atoms with Crippen LogP contribution in [0.4, 0.5) is 0 Å². The van der Waals surface area contributed by atoms with Crippen LogP contribution in [-0.2, 0) is 4.74 Å². The molecule has 3 unspecified atom stereocenters. The van der Waals surface area contributed by atoms with Crippen LogP contribution >= 0.6 is 0 Å². The molecule has 1 rings (SSSR count). The van der Waals surface area contributed by atoms with Gasteiger partial charge in [0.25, 0.3) is 0 Å². The summed E-state index contributed by atoms with van der Waals surface area (Å²) in [5, 5.41) is 0. The van der Waals surface area contributed by atoms with E-state index in [9.17, 15) is 0 Å². The smallest absolute Gasteiger partial charge is 0.0823 e. The Labute approximate surface area is 100 Å². The molecule has 96 valence electrons. The first-order valence-corrected chi connectivity index (χ1v) is 6.71. The highest BCUT2D eigenvalue weighted by atomic mass is 16.5. The summed E-state index contributed by atoms with van der Waals surface area (Å²) in [6.45, 7) is 6.76. The van der Waals surface area contributed by atoms with Gasteiger partial charge in [-0.25, -0.2) is 0 Å². The standard InChI is InChI=1S/C13H28N2O/c1-4-16-12(9-14)10-15(3)13-8-6-5-7-11(13)2/h11-13H,4-10,14H2,1-3H3. The molecule has 0 amide bonds. The van der Waals surface area contributed by atoms with E-state index in [-0.39, 0.29) is 6.10 Å². The zero-order valence-electron chi connectivity index (χ0n) is 11.1. The predicted molar refractivity (Wildman–Crippen MR) is 68.5 cm³/mol. The third-order valence-corrected chi connectivity index (χ3v) is 3.79. The molecule has 0 bridgehead atoms. The average molecular weight is 228 g/mol. The summed E-state index contributed by atoms with van der Waals surface area (Å²) in [6, 6.07) is 0.725. The van der Waals surface area contributed by atoms with E-state index in [0.717, 1.165) is 25.1 Å². The van der Waals surface area contributed by atoms with Gasteiger partial charge in [0.2, 0.25) is 0 Å². The summed E-state index contributed by atoms with van der Waals surface area (Å²) in [6.07, 6.45) is 5.68. The maximum absolute atomic E-state index is 5.72. The van der Waals surface area contributed by atoms with E-state index in [0.29, 0.717) is 6.54 Å². The molecule has 0 aliphatic heterocycles. The molecule has 0 radical (unpaired) electrons. The van der Waals surface area contributed by atoms with Crippen molar-refractivity contribution in [3.05, 3.63) is 0 Å². The molecule has 1 aliphatic carbocycles. The first-order chi connectivity index (χ1) is 7.69. The largest absolute Gasteiger partial charge is 0.376 e. The van der Waals surface area contributed by atoms with Crippen molar-refractivity contribution in [3.63, 3.8) is 0 Å². The zero-order chi connectivity index (χ0) is 12.0. The van der Waals surface area contributed by atoms with Crippen molar-refractivity contribution in [1.82, 2.24) is 4.90 Å². The highest BCUT2D eigenvalue weighted by Crippen LogP contribution is 2.27. The Morgan fingerprint density at radius 2 is 2.06 bits per heavy atom. The van der Waals surface area contributed by atoms with Crippen molar-refractivity contribution in [2.75, 3.05) is 26.7 Å². The van der Waals surface area contributed by atoms with E-state index in [1.165, 1.54) is 25.7 Å². The normalized spacial score (nSPS) is 28.3. The lowest BCUT2D eigenvalue weighted by atomic mass is 9.85. The van der Waals surface area contributed by atoms with Crippen molar-refractivity contribution in [2.24, 2.45) is 11.7 Å². The van der Waals surface area contributed by atoms with E-state index in [1.807, 2.05) is 6.92 Å². The Morgan fingerprint density at radius 3 is 2.62 bits per heavy atom. The van der Waals surface area contributed by atoms with Gasteiger partial charge in [-0.1, -0.05) is 19.8 Å². The molecule has 0 aromatic carbocycles. The van der Waals surface area contributed by atoms with Crippen LogP contribution in [0.1, 0.15) is 39.5 Å². The fraction of sp³-hybridized carbons (Fsp3) is 1.00. The van der Waals surface area contributed by atoms with Gasteiger partial charge in [0.15, 0.2) is 0 Å². The van der Waals surface area contributed by atoms with Gasteiger partial charge in [0.1, 0.15) is 0 Å². The molecule has 3 atom stereocenters. The second kappa shape index (κ2) is 7.25. The summed E-state index contributed by atoms with van der Waals surface area (Å²) in [5.41, 5.74) is 5.72. The van der Waals surface area contributed by atoms with Gasteiger partial charge in [-0.05, 0) is 32.7 Å². The summed E-state index contributed by atoms with van der Waals surface area (Å²) >= 11 is 0. The number of nitrogens with two attached hydrogens (primary N) is 1. The molecular weight excluding hydrogens is 200 g/mol. The van der Waals surface area contributed by atoms with Crippen molar-refractivity contribution in [3.8, 4) is 0 Å². The van der Waals surface area contributed by atoms with Gasteiger partial charge in [-0.15, -0.1) is 0 Å². The lowest BCUT2D eigenvalue weighted by Gasteiger charge is -2.37. The zero-order valence-corrected chi connectivity index (χ0v) is 11.1. The fourth-order valence-electron chi connectivity index (χ4n) is 2.84. The summed E-state index contributed by atoms with van der Waals surface area (Å²) in [4.78, 5) is 2.46. The molecule has 2 N–H and O–H groups in total. The number of hydrogen-bond donors (Lipinski definition) is 1. The minimum atomic E-state index is 0.198. The van der Waals surface area contributed by atoms with Gasteiger partial charge in [0, 0.05) is 25.7 Å². The molecule has 0 heterocycles. The third kappa shape index (κ3) is 4.04. The summed E-state index contributed by atoms with van der Waals surface area (Å²) in [7, 11) is 2.22. The molecule has 1 aliphatic rings. The average Bonchev–Trinajstić information content (AvgIpc) is 2.28. The Kier molecular flexibility index (Phi) is 6.32. The molecule has 16 heavy (non-hydrogen) atoms. The molecule has 0 spiro atoms. The molecule has 0 aromatic heterocycles. The molecule has 3 heteroatoms. The SMILES string of the molecule is CCOC(CN)CN(C)C1CCCCC1C. The van der Waals surface area contributed by atoms with E-state index in [4.69, 9.17) is 10.5 Å². The highest BCUT2D eigenvalue weighted by Gasteiger charge is 2.26. The minimum absolute atomic E-state index is 0.198. The van der Waals surface area contributed by atoms with E-state index in [2.05, 4.69) is 18.9 Å². The second-order valence-corrected chi connectivity index (χ2v) is 5.08. The van der Waals surface area contributed by atoms with Crippen molar-refractivity contribution < 1.29 is 4.74 Å². The Balaban J connectivity index is 2.39. The van der Waals surface area contributed by atoms with E-state index in [1.54, 1.807) is 0 Å². The fourth-order valence-corrected chi connectivity index (χ4v) is 2.84. The van der Waals surface area contributed by atoms with E-state index < -0.39 is 0 Å². The molecule has 1 fully saturated rings. The van der Waals surface area contributed by atoms with Crippen LogP contribution in [0.2, 0.25) is 0 Å². The van der Waals surface area contributed by atoms with Crippen LogP contribution in [0, 0.1) is 5.92 Å². The molecule has 3 nitrogen and oxygen atoms in total. The minimum Gasteiger partial charge on any atom is -0.376 e. The van der Waals surface area contributed by atoms with Gasteiger partial charge >= 0.3 is 0 Å².